The van der Waals surface area contributed by atoms with E-state index in [1.165, 1.54) is 4.90 Å². The highest BCUT2D eigenvalue weighted by Crippen LogP contribution is 2.06. The molecule has 1 saturated heterocycles. The van der Waals surface area contributed by atoms with Crippen LogP contribution in [0.25, 0.3) is 0 Å². The normalized spacial score (nSPS) is 15.6. The average Bonchev–Trinajstić information content (AvgIpc) is 2.55. The molecule has 0 aromatic heterocycles. The van der Waals surface area contributed by atoms with Gasteiger partial charge in [0.25, 0.3) is 0 Å². The largest absolute Gasteiger partial charge is 0.333 e. The molecule has 2 amide bonds. The summed E-state index contributed by atoms with van der Waals surface area (Å²) in [7, 11) is 1.66. The van der Waals surface area contributed by atoms with Crippen LogP contribution in [0.4, 0.5) is 0 Å². The molecule has 120 valence electrons. The molecule has 22 heavy (non-hydrogen) atoms. The molecule has 6 heteroatoms. The topological polar surface area (TPSA) is 69.9 Å². The number of hydrogen-bond donors (Lipinski definition) is 1. The van der Waals surface area contributed by atoms with Gasteiger partial charge in [-0.2, -0.15) is 0 Å². The molecule has 1 fully saturated rings. The Hall–Kier alpha value is -1.92. The summed E-state index contributed by atoms with van der Waals surface area (Å²) in [5.74, 6) is -0.859. The lowest BCUT2D eigenvalue weighted by atomic mass is 10.2. The van der Waals surface area contributed by atoms with E-state index in [0.29, 0.717) is 26.2 Å². The van der Waals surface area contributed by atoms with Crippen molar-refractivity contribution >= 4 is 11.8 Å². The second-order valence-corrected chi connectivity index (χ2v) is 5.57. The molecule has 0 unspecified atom stereocenters. The van der Waals surface area contributed by atoms with Gasteiger partial charge in [-0.3, -0.25) is 14.5 Å². The number of amides is 2. The number of nitrogens with zero attached hydrogens (tertiary/aromatic N) is 3. The third-order valence-electron chi connectivity index (χ3n) is 3.90. The van der Waals surface area contributed by atoms with E-state index in [0.717, 1.165) is 25.2 Å². The van der Waals surface area contributed by atoms with Gasteiger partial charge in [0.15, 0.2) is 0 Å². The highest BCUT2D eigenvalue weighted by Gasteiger charge is 2.27. The summed E-state index contributed by atoms with van der Waals surface area (Å²) in [4.78, 5) is 29.9. The van der Waals surface area contributed by atoms with Crippen LogP contribution in [0, 0.1) is 0 Å². The zero-order valence-electron chi connectivity index (χ0n) is 13.1. The van der Waals surface area contributed by atoms with Gasteiger partial charge >= 0.3 is 11.8 Å². The van der Waals surface area contributed by atoms with E-state index in [-0.39, 0.29) is 0 Å². The first-order valence-corrected chi connectivity index (χ1v) is 7.62. The summed E-state index contributed by atoms with van der Waals surface area (Å²) >= 11 is 0. The Labute approximate surface area is 131 Å². The van der Waals surface area contributed by atoms with Crippen molar-refractivity contribution in [3.8, 4) is 0 Å². The van der Waals surface area contributed by atoms with Crippen LogP contribution in [0.2, 0.25) is 0 Å². The van der Waals surface area contributed by atoms with Crippen molar-refractivity contribution in [2.75, 3.05) is 46.3 Å². The van der Waals surface area contributed by atoms with Crippen LogP contribution < -0.4 is 5.73 Å². The fraction of sp³-hybridized carbons (Fsp3) is 0.500. The van der Waals surface area contributed by atoms with Crippen molar-refractivity contribution < 1.29 is 9.59 Å². The quantitative estimate of drug-likeness (QED) is 0.779. The molecule has 2 N–H and O–H groups in total. The van der Waals surface area contributed by atoms with Gasteiger partial charge in [-0.25, -0.2) is 0 Å². The summed E-state index contributed by atoms with van der Waals surface area (Å²) < 4.78 is 0. The molecular formula is C16H24N4O2. The molecule has 0 saturated carbocycles. The lowest BCUT2D eigenvalue weighted by Crippen LogP contribution is -2.53. The zero-order valence-corrected chi connectivity index (χ0v) is 13.1. The van der Waals surface area contributed by atoms with Gasteiger partial charge in [-0.05, 0) is 5.56 Å². The minimum absolute atomic E-state index is 0.411. The highest BCUT2D eigenvalue weighted by atomic mass is 16.2. The minimum Gasteiger partial charge on any atom is -0.333 e. The molecule has 1 heterocycles. The summed E-state index contributed by atoms with van der Waals surface area (Å²) in [6, 6.07) is 9.66. The Balaban J connectivity index is 1.85. The van der Waals surface area contributed by atoms with Crippen LogP contribution in [0.5, 0.6) is 0 Å². The molecule has 0 aliphatic carbocycles. The predicted octanol–water partition coefficient (Wildman–Crippen LogP) is -0.252. The molecule has 1 aliphatic rings. The number of carbonyl (C=O) groups is 2. The Morgan fingerprint density at radius 1 is 1.14 bits per heavy atom. The third-order valence-corrected chi connectivity index (χ3v) is 3.90. The molecule has 6 nitrogen and oxygen atoms in total. The number of benzene rings is 1. The van der Waals surface area contributed by atoms with Crippen LogP contribution in [0.1, 0.15) is 5.56 Å². The van der Waals surface area contributed by atoms with E-state index < -0.39 is 11.8 Å². The number of piperazine rings is 1. The Bertz CT molecular complexity index is 498. The molecule has 2 rings (SSSR count). The number of hydrogen-bond acceptors (Lipinski definition) is 4. The van der Waals surface area contributed by atoms with Gasteiger partial charge in [0.2, 0.25) is 0 Å². The zero-order chi connectivity index (χ0) is 15.9. The van der Waals surface area contributed by atoms with Crippen LogP contribution in [0.3, 0.4) is 0 Å². The standard InChI is InChI=1S/C16H24N4O2/c1-18(13-14-5-3-2-4-6-14)15(21)16(22)20-11-9-19(8-7-17)10-12-20/h2-6H,7-13,17H2,1H3. The first kappa shape index (κ1) is 16.5. The van der Waals surface area contributed by atoms with Crippen LogP contribution in [-0.4, -0.2) is 72.8 Å². The van der Waals surface area contributed by atoms with Crippen molar-refractivity contribution in [3.63, 3.8) is 0 Å². The van der Waals surface area contributed by atoms with Crippen LogP contribution in [0.15, 0.2) is 30.3 Å². The van der Waals surface area contributed by atoms with Gasteiger partial charge in [0, 0.05) is 52.9 Å². The second kappa shape index (κ2) is 7.91. The highest BCUT2D eigenvalue weighted by molar-refractivity contribution is 6.34. The van der Waals surface area contributed by atoms with Crippen molar-refractivity contribution in [1.82, 2.24) is 14.7 Å². The Morgan fingerprint density at radius 3 is 2.36 bits per heavy atom. The minimum atomic E-state index is -0.448. The SMILES string of the molecule is CN(Cc1ccccc1)C(=O)C(=O)N1CCN(CCN)CC1. The first-order chi connectivity index (χ1) is 10.6. The van der Waals surface area contributed by atoms with Gasteiger partial charge in [0.05, 0.1) is 0 Å². The van der Waals surface area contributed by atoms with Crippen LogP contribution >= 0.6 is 0 Å². The summed E-state index contributed by atoms with van der Waals surface area (Å²) in [5, 5.41) is 0. The van der Waals surface area contributed by atoms with Crippen LogP contribution in [-0.2, 0) is 16.1 Å². The molecule has 1 aromatic rings. The summed E-state index contributed by atoms with van der Waals surface area (Å²) in [5.41, 5.74) is 6.54. The molecule has 0 bridgehead atoms. The number of likely N-dealkylation sites (N-methyl/N-ethyl adjacent to an activating group) is 1. The monoisotopic (exact) mass is 304 g/mol. The second-order valence-electron chi connectivity index (χ2n) is 5.57. The first-order valence-electron chi connectivity index (χ1n) is 7.62. The fourth-order valence-electron chi connectivity index (χ4n) is 2.58. The predicted molar refractivity (Wildman–Crippen MR) is 85.0 cm³/mol. The molecular weight excluding hydrogens is 280 g/mol. The Morgan fingerprint density at radius 2 is 1.77 bits per heavy atom. The van der Waals surface area contributed by atoms with Gasteiger partial charge in [0.1, 0.15) is 0 Å². The Kier molecular flexibility index (Phi) is 5.91. The fourth-order valence-corrected chi connectivity index (χ4v) is 2.58. The van der Waals surface area contributed by atoms with E-state index in [9.17, 15) is 9.59 Å². The maximum Gasteiger partial charge on any atom is 0.312 e. The van der Waals surface area contributed by atoms with Gasteiger partial charge in [-0.15, -0.1) is 0 Å². The molecule has 1 aromatic carbocycles. The maximum absolute atomic E-state index is 12.3. The van der Waals surface area contributed by atoms with Crippen molar-refractivity contribution in [1.29, 1.82) is 0 Å². The maximum atomic E-state index is 12.3. The van der Waals surface area contributed by atoms with Crippen molar-refractivity contribution in [2.24, 2.45) is 5.73 Å². The number of rotatable bonds is 4. The molecule has 0 spiro atoms. The smallest absolute Gasteiger partial charge is 0.312 e. The lowest BCUT2D eigenvalue weighted by Gasteiger charge is -2.34. The summed E-state index contributed by atoms with van der Waals surface area (Å²) in [6.45, 7) is 4.62. The third kappa shape index (κ3) is 4.29. The molecule has 0 radical (unpaired) electrons. The van der Waals surface area contributed by atoms with E-state index >= 15 is 0 Å². The van der Waals surface area contributed by atoms with E-state index in [1.54, 1.807) is 11.9 Å². The van der Waals surface area contributed by atoms with E-state index in [1.807, 2.05) is 30.3 Å². The number of carbonyl (C=O) groups excluding carboxylic acids is 2. The van der Waals surface area contributed by atoms with Crippen molar-refractivity contribution in [3.05, 3.63) is 35.9 Å². The lowest BCUT2D eigenvalue weighted by molar-refractivity contribution is -0.152. The average molecular weight is 304 g/mol. The van der Waals surface area contributed by atoms with Crippen molar-refractivity contribution in [2.45, 2.75) is 6.54 Å². The van der Waals surface area contributed by atoms with E-state index in [4.69, 9.17) is 5.73 Å². The van der Waals surface area contributed by atoms with Gasteiger partial charge in [-0.1, -0.05) is 30.3 Å². The summed E-state index contributed by atoms with van der Waals surface area (Å²) in [6.07, 6.45) is 0. The number of nitrogens with two attached hydrogens (primary N) is 1. The molecule has 1 aliphatic heterocycles. The molecule has 0 atom stereocenters. The van der Waals surface area contributed by atoms with Gasteiger partial charge < -0.3 is 15.5 Å². The van der Waals surface area contributed by atoms with E-state index in [2.05, 4.69) is 4.90 Å².